The molecule has 0 saturated carbocycles. The van der Waals surface area contributed by atoms with E-state index in [0.29, 0.717) is 0 Å². The Labute approximate surface area is 149 Å². The molecule has 1 aromatic heterocycles. The minimum Gasteiger partial charge on any atom is -0.490 e. The summed E-state index contributed by atoms with van der Waals surface area (Å²) < 4.78 is 7.02. The van der Waals surface area contributed by atoms with E-state index >= 15 is 0 Å². The zero-order chi connectivity index (χ0) is 16.2. The molecule has 0 fully saturated rings. The first-order valence-corrected chi connectivity index (χ1v) is 8.98. The third kappa shape index (κ3) is 3.70. The molecule has 0 spiro atoms. The highest BCUT2D eigenvalue weighted by Gasteiger charge is 2.45. The summed E-state index contributed by atoms with van der Waals surface area (Å²) in [6.07, 6.45) is 5.67. The summed E-state index contributed by atoms with van der Waals surface area (Å²) in [6.45, 7) is 6.13. The molecule has 3 nitrogen and oxygen atoms in total. The maximum absolute atomic E-state index is 11.3. The van der Waals surface area contributed by atoms with Crippen LogP contribution in [0.4, 0.5) is 0 Å². The van der Waals surface area contributed by atoms with Gasteiger partial charge >= 0.3 is 0 Å². The number of rotatable bonds is 6. The van der Waals surface area contributed by atoms with Crippen molar-refractivity contribution in [3.8, 4) is 5.75 Å². The second-order valence-corrected chi connectivity index (χ2v) is 7.82. The van der Waals surface area contributed by atoms with Gasteiger partial charge in [-0.1, -0.05) is 26.0 Å². The van der Waals surface area contributed by atoms with Crippen LogP contribution in [0.5, 0.6) is 5.75 Å². The number of halogens is 1. The highest BCUT2D eigenvalue weighted by Crippen LogP contribution is 2.42. The van der Waals surface area contributed by atoms with Gasteiger partial charge < -0.3 is 9.84 Å². The minimum atomic E-state index is -1.14. The van der Waals surface area contributed by atoms with Crippen molar-refractivity contribution in [2.24, 2.45) is 5.41 Å². The molecule has 0 aliphatic heterocycles. The highest BCUT2D eigenvalue weighted by atomic mass is 127. The average molecular weight is 429 g/mol. The molecule has 0 radical (unpaired) electrons. The summed E-state index contributed by atoms with van der Waals surface area (Å²) in [6, 6.07) is 7.80. The number of allylic oxidation sites excluding steroid dienone is 1. The van der Waals surface area contributed by atoms with Gasteiger partial charge in [0, 0.05) is 15.2 Å². The average Bonchev–Trinajstić information content (AvgIpc) is 3.00. The van der Waals surface area contributed by atoms with E-state index in [4.69, 9.17) is 4.74 Å². The van der Waals surface area contributed by atoms with Gasteiger partial charge in [-0.2, -0.15) is 0 Å². The van der Waals surface area contributed by atoms with E-state index in [1.54, 1.807) is 11.7 Å². The second kappa shape index (κ2) is 7.10. The Morgan fingerprint density at radius 2 is 2.00 bits per heavy atom. The monoisotopic (exact) mass is 429 g/mol. The molecule has 0 aliphatic rings. The fourth-order valence-electron chi connectivity index (χ4n) is 2.27. The lowest BCUT2D eigenvalue weighted by Crippen LogP contribution is -2.45. The van der Waals surface area contributed by atoms with Crippen LogP contribution in [-0.2, 0) is 5.60 Å². The van der Waals surface area contributed by atoms with Crippen molar-refractivity contribution >= 4 is 33.9 Å². The molecule has 0 saturated heterocycles. The highest BCUT2D eigenvalue weighted by molar-refractivity contribution is 14.1. The van der Waals surface area contributed by atoms with Gasteiger partial charge in [0.25, 0.3) is 0 Å². The van der Waals surface area contributed by atoms with Gasteiger partial charge in [0.1, 0.15) is 18.0 Å². The van der Waals surface area contributed by atoms with Crippen molar-refractivity contribution < 1.29 is 9.84 Å². The molecule has 1 aromatic carbocycles. The summed E-state index contributed by atoms with van der Waals surface area (Å²) >= 11 is 3.70. The smallest absolute Gasteiger partial charge is 0.143 e. The van der Waals surface area contributed by atoms with Crippen LogP contribution in [0.3, 0.4) is 0 Å². The number of hydrogen-bond donors (Lipinski definition) is 1. The molecule has 0 amide bonds. The van der Waals surface area contributed by atoms with Gasteiger partial charge in [-0.05, 0) is 53.8 Å². The summed E-state index contributed by atoms with van der Waals surface area (Å²) in [5.41, 5.74) is 0.123. The Morgan fingerprint density at radius 1 is 1.32 bits per heavy atom. The van der Waals surface area contributed by atoms with Gasteiger partial charge in [0.2, 0.25) is 0 Å². The van der Waals surface area contributed by atoms with Crippen LogP contribution in [0.25, 0.3) is 0 Å². The molecule has 0 aliphatic carbocycles. The lowest BCUT2D eigenvalue weighted by molar-refractivity contribution is -0.0786. The molecule has 2 aromatic rings. The molecule has 22 heavy (non-hydrogen) atoms. The summed E-state index contributed by atoms with van der Waals surface area (Å²) in [7, 11) is 0. The van der Waals surface area contributed by atoms with Crippen molar-refractivity contribution in [2.75, 3.05) is 6.61 Å². The van der Waals surface area contributed by atoms with Crippen molar-refractivity contribution in [3.05, 3.63) is 56.6 Å². The summed E-state index contributed by atoms with van der Waals surface area (Å²) in [5.74, 6) is 0.750. The minimum absolute atomic E-state index is 0.174. The van der Waals surface area contributed by atoms with Crippen molar-refractivity contribution in [1.29, 1.82) is 0 Å². The van der Waals surface area contributed by atoms with Gasteiger partial charge in [-0.3, -0.25) is 4.98 Å². The third-order valence-electron chi connectivity index (χ3n) is 3.75. The van der Waals surface area contributed by atoms with Crippen LogP contribution >= 0.6 is 33.9 Å². The fraction of sp³-hybridized carbons (Fsp3) is 0.353. The van der Waals surface area contributed by atoms with E-state index in [2.05, 4.69) is 27.6 Å². The van der Waals surface area contributed by atoms with E-state index in [1.807, 2.05) is 57.2 Å². The van der Waals surface area contributed by atoms with Crippen LogP contribution in [0.2, 0.25) is 0 Å². The SMILES string of the molecule is C/C=C/C(C)(C)C(O)(COc1ccc(I)cc1)c1cncs1. The van der Waals surface area contributed by atoms with Crippen molar-refractivity contribution in [2.45, 2.75) is 26.4 Å². The zero-order valence-corrected chi connectivity index (χ0v) is 15.9. The number of benzene rings is 1. The quantitative estimate of drug-likeness (QED) is 0.539. The number of ether oxygens (including phenoxy) is 1. The maximum atomic E-state index is 11.3. The molecule has 0 bridgehead atoms. The van der Waals surface area contributed by atoms with E-state index in [0.717, 1.165) is 14.2 Å². The van der Waals surface area contributed by atoms with Gasteiger partial charge in [-0.25, -0.2) is 0 Å². The molecule has 5 heteroatoms. The lowest BCUT2D eigenvalue weighted by atomic mass is 9.74. The molecule has 2 rings (SSSR count). The molecule has 118 valence electrons. The van der Waals surface area contributed by atoms with Crippen LogP contribution in [0, 0.1) is 8.99 Å². The molecular weight excluding hydrogens is 409 g/mol. The van der Waals surface area contributed by atoms with Crippen LogP contribution in [-0.4, -0.2) is 16.7 Å². The van der Waals surface area contributed by atoms with E-state index in [-0.39, 0.29) is 6.61 Å². The standard InChI is InChI=1S/C17H20INO2S/c1-4-9-16(2,3)17(20,15-10-19-12-22-15)11-21-14-7-5-13(18)6-8-14/h4-10,12,20H,11H2,1-3H3/b9-4+. The first-order chi connectivity index (χ1) is 10.4. The fourth-order valence-corrected chi connectivity index (χ4v) is 3.50. The van der Waals surface area contributed by atoms with Crippen LogP contribution in [0.15, 0.2) is 48.1 Å². The maximum Gasteiger partial charge on any atom is 0.143 e. The van der Waals surface area contributed by atoms with Crippen LogP contribution in [0.1, 0.15) is 25.6 Å². The predicted octanol–water partition coefficient (Wildman–Crippen LogP) is 4.62. The van der Waals surface area contributed by atoms with Gasteiger partial charge in [0.15, 0.2) is 0 Å². The topological polar surface area (TPSA) is 42.4 Å². The summed E-state index contributed by atoms with van der Waals surface area (Å²) in [5, 5.41) is 11.3. The van der Waals surface area contributed by atoms with Crippen molar-refractivity contribution in [1.82, 2.24) is 4.98 Å². The Balaban J connectivity index is 2.27. The largest absolute Gasteiger partial charge is 0.490 e. The Bertz CT molecular complexity index is 623. The third-order valence-corrected chi connectivity index (χ3v) is 5.39. The zero-order valence-electron chi connectivity index (χ0n) is 12.9. The van der Waals surface area contributed by atoms with E-state index in [1.165, 1.54) is 11.3 Å². The van der Waals surface area contributed by atoms with E-state index < -0.39 is 11.0 Å². The Kier molecular flexibility index (Phi) is 5.63. The van der Waals surface area contributed by atoms with Gasteiger partial charge in [-0.15, -0.1) is 11.3 Å². The number of thiazole rings is 1. The predicted molar refractivity (Wildman–Crippen MR) is 99.3 cm³/mol. The number of nitrogens with zero attached hydrogens (tertiary/aromatic N) is 1. The molecule has 1 N–H and O–H groups in total. The second-order valence-electron chi connectivity index (χ2n) is 5.69. The summed E-state index contributed by atoms with van der Waals surface area (Å²) in [4.78, 5) is 4.91. The molecule has 1 unspecified atom stereocenters. The molecule has 1 atom stereocenters. The number of hydrogen-bond acceptors (Lipinski definition) is 4. The van der Waals surface area contributed by atoms with Gasteiger partial charge in [0.05, 0.1) is 10.4 Å². The Hall–Kier alpha value is -0.920. The first kappa shape index (κ1) is 17.4. The first-order valence-electron chi connectivity index (χ1n) is 7.02. The molecular formula is C17H20INO2S. The lowest BCUT2D eigenvalue weighted by Gasteiger charge is -2.39. The van der Waals surface area contributed by atoms with E-state index in [9.17, 15) is 5.11 Å². The normalized spacial score (nSPS) is 15.0. The Morgan fingerprint density at radius 3 is 2.55 bits per heavy atom. The number of aliphatic hydroxyl groups is 1. The van der Waals surface area contributed by atoms with Crippen LogP contribution < -0.4 is 4.74 Å². The number of aromatic nitrogens is 1. The van der Waals surface area contributed by atoms with Crippen molar-refractivity contribution in [3.63, 3.8) is 0 Å². The molecule has 1 heterocycles.